The van der Waals surface area contributed by atoms with Crippen molar-refractivity contribution < 1.29 is 112 Å². The monoisotopic (exact) mass is 608 g/mol. The first-order valence-electron chi connectivity index (χ1n) is 0. The topological polar surface area (TPSA) is 200 Å². The quantitative estimate of drug-likeness (QED) is 0.311. The van der Waals surface area contributed by atoms with Gasteiger partial charge in [0, 0.05) is 0 Å². The molecule has 0 aliphatic carbocycles. The van der Waals surface area contributed by atoms with E-state index in [1.807, 2.05) is 0 Å². The smallest absolute Gasteiger partial charge is 2.00 e. The van der Waals surface area contributed by atoms with Gasteiger partial charge in [0.05, 0.1) is 0 Å². The van der Waals surface area contributed by atoms with Crippen LogP contribution in [0.3, 0.4) is 0 Å². The summed E-state index contributed by atoms with van der Waals surface area (Å²) in [6.07, 6.45) is 0. The van der Waals surface area contributed by atoms with Gasteiger partial charge < -0.3 is 38.3 Å². The molecule has 0 aromatic carbocycles. The first-order valence-corrected chi connectivity index (χ1v) is 0. The minimum Gasteiger partial charge on any atom is -2.00 e. The summed E-state index contributed by atoms with van der Waals surface area (Å²) in [7, 11) is 0. The van der Waals surface area contributed by atoms with Gasteiger partial charge in [0.1, 0.15) is 0 Å². The van der Waals surface area contributed by atoms with Crippen LogP contribution in [0.4, 0.5) is 0 Å². The molecule has 0 aromatic heterocycles. The van der Waals surface area contributed by atoms with Crippen LogP contribution in [-0.2, 0) is 112 Å². The molecule has 11 heavy (non-hydrogen) atoms. The Kier molecular flexibility index (Phi) is 14700. The van der Waals surface area contributed by atoms with E-state index in [4.69, 9.17) is 0 Å². The van der Waals surface area contributed by atoms with Crippen LogP contribution in [0.15, 0.2) is 0 Å². The zero-order chi connectivity index (χ0) is 0. The van der Waals surface area contributed by atoms with Crippen LogP contribution in [0, 0.1) is 0 Å². The normalized spacial score (nSPS) is 0. The van der Waals surface area contributed by atoms with Crippen molar-refractivity contribution in [3.8, 4) is 0 Å². The fraction of sp³-hybridized carbons (Fsp3) is 0. The van der Waals surface area contributed by atoms with Crippen LogP contribution in [0.25, 0.3) is 0 Å². The molecule has 0 fully saturated rings. The molecule has 0 saturated heterocycles. The maximum absolute atomic E-state index is 0. The number of rotatable bonds is 0. The molecule has 0 spiro atoms. The Balaban J connectivity index is 0. The Labute approximate surface area is 111 Å². The predicted octanol–water partition coefficient (Wildman–Crippen LogP) is -0.842. The fourth-order valence-corrected chi connectivity index (χ4v) is 0. The molecular formula is Fe2O7Os2. The van der Waals surface area contributed by atoms with Gasteiger partial charge in [-0.05, 0) is 0 Å². The molecule has 0 N–H and O–H groups in total. The van der Waals surface area contributed by atoms with E-state index in [2.05, 4.69) is 0 Å². The largest absolute Gasteiger partial charge is 4.00 e. The molecule has 0 aliphatic heterocycles. The number of hydrogen-bond acceptors (Lipinski definition) is 0. The van der Waals surface area contributed by atoms with Crippen LogP contribution in [0.5, 0.6) is 0 Å². The molecule has 0 bridgehead atoms. The molecule has 0 heterocycles. The third kappa shape index (κ3) is 293. The first kappa shape index (κ1) is 457. The zero-order valence-corrected chi connectivity index (χ0v) is 11.6. The Morgan fingerprint density at radius 1 is 0.273 bits per heavy atom. The van der Waals surface area contributed by atoms with Crippen LogP contribution in [0.1, 0.15) is 0 Å². The average Bonchev–Trinajstić information content (AvgIpc) is 0. The van der Waals surface area contributed by atoms with Gasteiger partial charge >= 0.3 is 73.7 Å². The minimum atomic E-state index is 0. The van der Waals surface area contributed by atoms with E-state index in [1.54, 1.807) is 0 Å². The Morgan fingerprint density at radius 3 is 0.273 bits per heavy atom. The summed E-state index contributed by atoms with van der Waals surface area (Å²) in [5.74, 6) is 0. The summed E-state index contributed by atoms with van der Waals surface area (Å²) in [6, 6.07) is 0. The molecule has 0 unspecified atom stereocenters. The molecule has 74 valence electrons. The summed E-state index contributed by atoms with van der Waals surface area (Å²) in [6.45, 7) is 0. The zero-order valence-electron chi connectivity index (χ0n) is 4.27. The van der Waals surface area contributed by atoms with Gasteiger partial charge in [0.25, 0.3) is 0 Å². The Bertz CT molecular complexity index is 14.4. The van der Waals surface area contributed by atoms with Gasteiger partial charge in [0.2, 0.25) is 0 Å². The molecule has 0 amide bonds. The van der Waals surface area contributed by atoms with Crippen LogP contribution < -0.4 is 0 Å². The van der Waals surface area contributed by atoms with Crippen molar-refractivity contribution in [2.45, 2.75) is 0 Å². The van der Waals surface area contributed by atoms with Gasteiger partial charge in [0.15, 0.2) is 0 Å². The molecule has 0 aromatic rings. The SMILES string of the molecule is [Fe+3].[Fe+3].[O-2].[O-2].[O-2].[O-2].[O-2].[O-2].[O-2].[Os+4].[Os+4]. The van der Waals surface area contributed by atoms with E-state index in [0.29, 0.717) is 0 Å². The minimum absolute atomic E-state index is 0. The summed E-state index contributed by atoms with van der Waals surface area (Å²) >= 11 is 0. The van der Waals surface area contributed by atoms with E-state index < -0.39 is 0 Å². The standard InChI is InChI=1S/2Fe.7O.2Os/q2*+3;7*-2;2*+4. The molecule has 0 atom stereocenters. The van der Waals surface area contributed by atoms with Crippen LogP contribution in [0.2, 0.25) is 0 Å². The summed E-state index contributed by atoms with van der Waals surface area (Å²) < 4.78 is 0. The van der Waals surface area contributed by atoms with E-state index in [0.717, 1.165) is 0 Å². The second kappa shape index (κ2) is 355. The summed E-state index contributed by atoms with van der Waals surface area (Å²) in [4.78, 5) is 0. The van der Waals surface area contributed by atoms with Crippen molar-refractivity contribution in [1.82, 2.24) is 0 Å². The van der Waals surface area contributed by atoms with E-state index in [1.165, 1.54) is 0 Å². The maximum atomic E-state index is 0. The second-order valence-corrected chi connectivity index (χ2v) is 0. The van der Waals surface area contributed by atoms with Crippen LogP contribution in [-0.4, -0.2) is 0 Å². The van der Waals surface area contributed by atoms with Crippen molar-refractivity contribution in [2.75, 3.05) is 0 Å². The molecule has 2 radical (unpaired) electrons. The molecule has 0 rings (SSSR count). The first-order chi connectivity index (χ1) is 0. The molecular weight excluding hydrogens is 604 g/mol. The van der Waals surface area contributed by atoms with Gasteiger partial charge in [-0.2, -0.15) is 0 Å². The Hall–Kier alpha value is 2.03. The maximum Gasteiger partial charge on any atom is 4.00 e. The predicted molar refractivity (Wildman–Crippen MR) is 4.81 cm³/mol. The van der Waals surface area contributed by atoms with Crippen molar-refractivity contribution in [3.63, 3.8) is 0 Å². The van der Waals surface area contributed by atoms with Gasteiger partial charge in [-0.1, -0.05) is 0 Å². The van der Waals surface area contributed by atoms with Gasteiger partial charge in [-0.25, -0.2) is 0 Å². The number of hydrogen-bond donors (Lipinski definition) is 0. The molecule has 0 saturated carbocycles. The third-order valence-electron chi connectivity index (χ3n) is 0. The van der Waals surface area contributed by atoms with Gasteiger partial charge in [-0.3, -0.25) is 0 Å². The van der Waals surface area contributed by atoms with Gasteiger partial charge in [-0.15, -0.1) is 0 Å². The summed E-state index contributed by atoms with van der Waals surface area (Å²) in [5.41, 5.74) is 0. The van der Waals surface area contributed by atoms with Crippen molar-refractivity contribution in [1.29, 1.82) is 0 Å². The average molecular weight is 604 g/mol. The van der Waals surface area contributed by atoms with Crippen molar-refractivity contribution in [3.05, 3.63) is 0 Å². The van der Waals surface area contributed by atoms with Crippen molar-refractivity contribution >= 4 is 0 Å². The summed E-state index contributed by atoms with van der Waals surface area (Å²) in [5, 5.41) is 0. The van der Waals surface area contributed by atoms with Crippen molar-refractivity contribution in [2.24, 2.45) is 0 Å². The van der Waals surface area contributed by atoms with E-state index >= 15 is 0 Å². The van der Waals surface area contributed by atoms with E-state index in [-0.39, 0.29) is 112 Å². The van der Waals surface area contributed by atoms with E-state index in [9.17, 15) is 0 Å². The molecule has 7 nitrogen and oxygen atoms in total. The Morgan fingerprint density at radius 2 is 0.273 bits per heavy atom. The van der Waals surface area contributed by atoms with Crippen LogP contribution >= 0.6 is 0 Å². The molecule has 0 aliphatic rings. The third-order valence-corrected chi connectivity index (χ3v) is 0. The fourth-order valence-electron chi connectivity index (χ4n) is 0. The second-order valence-electron chi connectivity index (χ2n) is 0. The molecule has 11 heteroatoms.